The first-order valence-corrected chi connectivity index (χ1v) is 32.3. The van der Waals surface area contributed by atoms with Crippen molar-refractivity contribution in [2.75, 3.05) is 98.2 Å². The number of nitrogens with one attached hydrogen (secondary N) is 2. The van der Waals surface area contributed by atoms with E-state index in [1.165, 1.54) is 40.5 Å². The Morgan fingerprint density at radius 2 is 1.60 bits per heavy atom. The summed E-state index contributed by atoms with van der Waals surface area (Å²) in [6.07, 6.45) is -2.02. The number of methoxy groups -OCH3 is 1. The zero-order chi connectivity index (χ0) is 64.0. The number of nitrogens with zero attached hydrogens (tertiary/aromatic N) is 10. The molecule has 6 bridgehead atoms. The molecular weight excluding hydrogens is 1190 g/mol. The lowest BCUT2D eigenvalue weighted by atomic mass is 9.84. The number of likely N-dealkylation sites (N-methyl/N-ethyl adjacent to an activating group) is 2. The number of urea groups is 1. The van der Waals surface area contributed by atoms with E-state index in [4.69, 9.17) is 19.4 Å². The summed E-state index contributed by atoms with van der Waals surface area (Å²) in [4.78, 5) is 77.6. The Morgan fingerprint density at radius 1 is 0.921 bits per heavy atom. The number of benzene rings is 1. The zero-order valence-corrected chi connectivity index (χ0v) is 53.1. The van der Waals surface area contributed by atoms with Crippen molar-refractivity contribution < 1.29 is 60.8 Å². The van der Waals surface area contributed by atoms with Crippen molar-refractivity contribution in [1.82, 2.24) is 54.8 Å². The molecule has 11 rings (SSSR count). The van der Waals surface area contributed by atoms with E-state index in [1.54, 1.807) is 35.3 Å². The third-order valence-electron chi connectivity index (χ3n) is 18.8. The molecule has 4 saturated heterocycles. The Balaban J connectivity index is 0.00000317. The van der Waals surface area contributed by atoms with E-state index in [1.807, 2.05) is 44.5 Å². The number of anilines is 1. The molecule has 5 aliphatic heterocycles. The van der Waals surface area contributed by atoms with Crippen LogP contribution in [0.4, 0.5) is 41.2 Å². The predicted molar refractivity (Wildman–Crippen MR) is 327 cm³/mol. The first kappa shape index (κ1) is 65.8. The van der Waals surface area contributed by atoms with Gasteiger partial charge in [-0.3, -0.25) is 29.2 Å². The molecule has 490 valence electrons. The van der Waals surface area contributed by atoms with Gasteiger partial charge in [0.05, 0.1) is 64.8 Å². The number of hydrogen-bond acceptors (Lipinski definition) is 14. The molecule has 3 aromatic heterocycles. The van der Waals surface area contributed by atoms with Gasteiger partial charge in [0.15, 0.2) is 0 Å². The smallest absolute Gasteiger partial charge is 0.406 e. The number of pyridine rings is 1. The minimum Gasteiger partial charge on any atom is -0.464 e. The topological polar surface area (TPSA) is 164 Å². The number of esters is 1. The monoisotopic (exact) mass is 1270 g/mol. The van der Waals surface area contributed by atoms with Crippen LogP contribution in [0, 0.1) is 23.1 Å². The maximum Gasteiger partial charge on any atom is 0.406 e. The lowest BCUT2D eigenvalue weighted by molar-refractivity contribution is -0.152. The van der Waals surface area contributed by atoms with Crippen molar-refractivity contribution in [3.8, 4) is 22.5 Å². The Hall–Kier alpha value is -6.09. The fraction of sp³-hybridized carbons (Fsp3) is 0.651. The van der Waals surface area contributed by atoms with Crippen LogP contribution < -0.4 is 15.6 Å². The highest BCUT2D eigenvalue weighted by Gasteiger charge is 2.58. The number of ether oxygens (including phenoxy) is 2. The van der Waals surface area contributed by atoms with E-state index >= 15 is 22.4 Å². The minimum absolute atomic E-state index is 0. The van der Waals surface area contributed by atoms with Gasteiger partial charge in [-0.25, -0.2) is 19.6 Å². The lowest BCUT2D eigenvalue weighted by Gasteiger charge is -2.41. The van der Waals surface area contributed by atoms with Crippen molar-refractivity contribution in [3.05, 3.63) is 64.1 Å². The van der Waals surface area contributed by atoms with E-state index in [0.717, 1.165) is 49.2 Å². The largest absolute Gasteiger partial charge is 0.464 e. The Morgan fingerprint density at radius 3 is 2.25 bits per heavy atom. The Bertz CT molecular complexity index is 3250. The molecule has 0 radical (unpaired) electrons. The van der Waals surface area contributed by atoms with E-state index in [-0.39, 0.29) is 110 Å². The van der Waals surface area contributed by atoms with Crippen LogP contribution in [0.25, 0.3) is 33.4 Å². The number of alkyl halides is 6. The molecule has 4 aromatic rings. The highest BCUT2D eigenvalue weighted by Crippen LogP contribution is 2.47. The molecule has 26 heteroatoms. The number of cyclic esters (lactones) is 1. The van der Waals surface area contributed by atoms with Crippen molar-refractivity contribution in [2.24, 2.45) is 17.3 Å². The van der Waals surface area contributed by atoms with Crippen LogP contribution in [0.2, 0.25) is 0 Å². The summed E-state index contributed by atoms with van der Waals surface area (Å²) < 4.78 is 116. The summed E-state index contributed by atoms with van der Waals surface area (Å²) in [5.74, 6) is -1.35. The number of carbonyl (C=O) groups excluding carboxylic acids is 4. The van der Waals surface area contributed by atoms with Gasteiger partial charge < -0.3 is 44.0 Å². The van der Waals surface area contributed by atoms with Gasteiger partial charge in [0.25, 0.3) is 0 Å². The summed E-state index contributed by atoms with van der Waals surface area (Å²) in [5, 5.41) is 7.36. The summed E-state index contributed by atoms with van der Waals surface area (Å²) >= 11 is 1.20. The number of amides is 4. The summed E-state index contributed by atoms with van der Waals surface area (Å²) in [7, 11) is 5.08. The van der Waals surface area contributed by atoms with Crippen LogP contribution in [0.3, 0.4) is 0 Å². The van der Waals surface area contributed by atoms with Crippen molar-refractivity contribution in [3.63, 3.8) is 0 Å². The molecular formula is C63H87F7N12O6S. The van der Waals surface area contributed by atoms with E-state index in [2.05, 4.69) is 22.2 Å². The predicted octanol–water partition coefficient (Wildman–Crippen LogP) is 9.68. The number of carbonyl (C=O) groups is 4. The van der Waals surface area contributed by atoms with Gasteiger partial charge in [-0.1, -0.05) is 47.1 Å². The molecule has 1 aromatic carbocycles. The average molecular weight is 1270 g/mol. The first-order valence-electron chi connectivity index (χ1n) is 31.4. The van der Waals surface area contributed by atoms with Crippen LogP contribution in [0.5, 0.6) is 0 Å². The number of hydrazine groups is 1. The molecule has 7 aliphatic rings. The molecule has 89 heavy (non-hydrogen) atoms. The van der Waals surface area contributed by atoms with Crippen molar-refractivity contribution >= 4 is 51.7 Å². The van der Waals surface area contributed by atoms with Crippen molar-refractivity contribution in [2.45, 2.75) is 154 Å². The fourth-order valence-electron chi connectivity index (χ4n) is 13.9. The number of aromatic nitrogens is 3. The van der Waals surface area contributed by atoms with Gasteiger partial charge in [-0.15, -0.1) is 11.3 Å². The lowest BCUT2D eigenvalue weighted by Crippen LogP contribution is -2.60. The molecule has 7 atom stereocenters. The zero-order valence-electron chi connectivity index (χ0n) is 52.2. The van der Waals surface area contributed by atoms with Crippen LogP contribution in [-0.2, 0) is 43.2 Å². The minimum atomic E-state index is -4.83. The third kappa shape index (κ3) is 14.7. The van der Waals surface area contributed by atoms with Gasteiger partial charge in [0, 0.05) is 120 Å². The second-order valence-electron chi connectivity index (χ2n) is 25.7. The quantitative estimate of drug-likeness (QED) is 0.0784. The van der Waals surface area contributed by atoms with Crippen LogP contribution in [-0.4, -0.2) is 204 Å². The maximum atomic E-state index is 17.2. The Labute approximate surface area is 521 Å². The number of fused-ring (bicyclic) bond motifs is 6. The van der Waals surface area contributed by atoms with E-state index < -0.39 is 72.8 Å². The van der Waals surface area contributed by atoms with Gasteiger partial charge in [-0.2, -0.15) is 26.3 Å². The van der Waals surface area contributed by atoms with Gasteiger partial charge in [0.2, 0.25) is 11.8 Å². The van der Waals surface area contributed by atoms with E-state index in [9.17, 15) is 27.6 Å². The normalized spacial score (nSPS) is 24.6. The van der Waals surface area contributed by atoms with E-state index in [0.29, 0.717) is 79.5 Å². The summed E-state index contributed by atoms with van der Waals surface area (Å²) in [6, 6.07) is 1.49. The molecule has 2 aliphatic carbocycles. The highest BCUT2D eigenvalue weighted by atomic mass is 32.1. The second kappa shape index (κ2) is 26.6. The number of rotatable bonds is 12. The highest BCUT2D eigenvalue weighted by molar-refractivity contribution is 7.10. The molecule has 6 fully saturated rings. The molecule has 1 unspecified atom stereocenters. The molecule has 0 spiro atoms. The standard InChI is InChI=1S/C61H79F7N12O6S.C2H6.H2/c1-35-46(71-55(81)52(37-11-8-9-12-37)74(6)58(84)78-23-21-77(22-24-78)56(82)54-51(73(54)5)38-14-15-38)28-49-70-47(31-87-49)41-26-40-43(29-59(3,4)34-86-57(83)45-13-10-16-80(35)72-45)53(79(33-61(66,67)68)48(40)27-44(41)62)42-25-39(30-69-50(42)36(2)85-7)76-19-17-75(18-20-76)32-60(63,64)65;1-2;/h25-27,30-31,36-38,45-46,51-52,54,72H,1,8-24,28-29,32-34H2,2-7H3,(H,71,81);1-2H3;1H/t36-,45-,46-,51+,52-,54+,73?;;/m0../s1. The van der Waals surface area contributed by atoms with Gasteiger partial charge >= 0.3 is 24.4 Å². The fourth-order valence-corrected chi connectivity index (χ4v) is 14.8. The second-order valence-corrected chi connectivity index (χ2v) is 26.6. The summed E-state index contributed by atoms with van der Waals surface area (Å²) in [5.41, 5.74) is 4.23. The summed E-state index contributed by atoms with van der Waals surface area (Å²) in [6.45, 7) is 13.3. The number of halogens is 7. The van der Waals surface area contributed by atoms with Gasteiger partial charge in [-0.05, 0) is 94.5 Å². The molecule has 8 heterocycles. The molecule has 18 nitrogen and oxygen atoms in total. The third-order valence-corrected chi connectivity index (χ3v) is 19.7. The average Bonchev–Trinajstić information content (AvgIpc) is 1.60. The van der Waals surface area contributed by atoms with Crippen LogP contribution >= 0.6 is 11.3 Å². The molecule has 4 amide bonds. The Kier molecular flexibility index (Phi) is 19.7. The number of thiazole rings is 1. The SMILES string of the molecule is C=C1[C@@H](NC(=O)[C@H](C2CCCC2)N(C)C(=O)N2CCN(C(=O)[C@H]3[C@@H](C4CC4)N3C)CC2)Cc2nc(cs2)-c2cc3c(c(-c4cc(N5CCN(CC(F)(F)F)CC5)cnc4[C@H](C)OC)n(CC(F)(F)F)c3cc2F)CC(C)(C)COC(=O)[C@@H]2CCCN1N2.CC.[HH]. The van der Waals surface area contributed by atoms with Crippen molar-refractivity contribution in [1.29, 1.82) is 0 Å². The number of hydrogen-bond donors (Lipinski definition) is 2. The number of piperazine rings is 2. The van der Waals surface area contributed by atoms with Gasteiger partial charge in [0.1, 0.15) is 30.5 Å². The van der Waals surface area contributed by atoms with Crippen LogP contribution in [0.15, 0.2) is 42.1 Å². The molecule has 2 saturated carbocycles. The van der Waals surface area contributed by atoms with Crippen LogP contribution in [0.1, 0.15) is 110 Å². The maximum absolute atomic E-state index is 17.2. The molecule has 2 N–H and O–H groups in total. The first-order chi connectivity index (χ1) is 42.3.